The fraction of sp³-hybridized carbons (Fsp3) is 0.500. The van der Waals surface area contributed by atoms with Gasteiger partial charge in [0.1, 0.15) is 5.78 Å². The normalized spacial score (nSPS) is 25.6. The highest BCUT2D eigenvalue weighted by atomic mass is 16.1. The summed E-state index contributed by atoms with van der Waals surface area (Å²) in [6, 6.07) is 0. The summed E-state index contributed by atoms with van der Waals surface area (Å²) in [6.45, 7) is 0. The molecule has 3 heteroatoms. The summed E-state index contributed by atoms with van der Waals surface area (Å²) in [5, 5.41) is 6.78. The lowest BCUT2D eigenvalue weighted by Gasteiger charge is -2.05. The van der Waals surface area contributed by atoms with E-state index in [1.807, 2.05) is 0 Å². The number of nitrogens with one attached hydrogen (secondary N) is 1. The number of hydrogen-bond acceptors (Lipinski definition) is 3. The van der Waals surface area contributed by atoms with Gasteiger partial charge in [0, 0.05) is 30.7 Å². The smallest absolute Gasteiger partial charge is 0.133 e. The second-order valence-electron chi connectivity index (χ2n) is 2.81. The van der Waals surface area contributed by atoms with Gasteiger partial charge in [-0.2, -0.15) is 0 Å². The van der Waals surface area contributed by atoms with E-state index in [4.69, 9.17) is 11.1 Å². The van der Waals surface area contributed by atoms with Crippen molar-refractivity contribution in [3.05, 3.63) is 11.8 Å². The maximum Gasteiger partial charge on any atom is 0.133 e. The quantitative estimate of drug-likeness (QED) is 0.576. The molecule has 0 radical (unpaired) electrons. The largest absolute Gasteiger partial charge is 0.402 e. The van der Waals surface area contributed by atoms with E-state index in [1.165, 1.54) is 0 Å². The first-order valence-electron chi connectivity index (χ1n) is 3.72. The van der Waals surface area contributed by atoms with Gasteiger partial charge in [0.15, 0.2) is 0 Å². The van der Waals surface area contributed by atoms with Gasteiger partial charge in [0.05, 0.1) is 0 Å². The van der Waals surface area contributed by atoms with Gasteiger partial charge in [-0.1, -0.05) is 0 Å². The molecule has 0 spiro atoms. The number of allylic oxidation sites excluding steroid dienone is 2. The summed E-state index contributed by atoms with van der Waals surface area (Å²) < 4.78 is 0. The molecular weight excluding hydrogens is 140 g/mol. The Kier molecular flexibility index (Phi) is 2.41. The number of carbonyl (C=O) groups excluding carboxylic acids is 1. The molecular formula is C8H12N2O. The lowest BCUT2D eigenvalue weighted by molar-refractivity contribution is -0.117. The lowest BCUT2D eigenvalue weighted by Crippen LogP contribution is -2.09. The van der Waals surface area contributed by atoms with Crippen LogP contribution in [-0.4, -0.2) is 12.0 Å². The predicted molar refractivity (Wildman–Crippen MR) is 43.4 cm³/mol. The van der Waals surface area contributed by atoms with Crippen molar-refractivity contribution in [2.24, 2.45) is 11.7 Å². The number of hydrogen-bond donors (Lipinski definition) is 2. The molecule has 1 aliphatic rings. The van der Waals surface area contributed by atoms with Crippen LogP contribution in [0.1, 0.15) is 19.3 Å². The first kappa shape index (κ1) is 7.98. The molecule has 0 amide bonds. The van der Waals surface area contributed by atoms with E-state index in [2.05, 4.69) is 0 Å². The molecule has 0 saturated heterocycles. The Morgan fingerprint density at radius 3 is 2.91 bits per heavy atom. The molecule has 1 aliphatic carbocycles. The number of Topliss-reactive ketones (excluding diaryl/α,β-unsaturated/α-hetero) is 1. The van der Waals surface area contributed by atoms with Gasteiger partial charge in [-0.3, -0.25) is 4.79 Å². The monoisotopic (exact) mass is 152 g/mol. The van der Waals surface area contributed by atoms with Crippen molar-refractivity contribution >= 4 is 12.0 Å². The summed E-state index contributed by atoms with van der Waals surface area (Å²) in [7, 11) is 0. The van der Waals surface area contributed by atoms with E-state index in [9.17, 15) is 4.79 Å². The van der Waals surface area contributed by atoms with Crippen LogP contribution in [0.15, 0.2) is 11.8 Å². The average molecular weight is 152 g/mol. The Bertz CT molecular complexity index is 208. The molecule has 3 N–H and O–H groups in total. The molecule has 60 valence electrons. The fourth-order valence-electron chi connectivity index (χ4n) is 1.33. The van der Waals surface area contributed by atoms with Crippen molar-refractivity contribution in [1.29, 1.82) is 5.41 Å². The van der Waals surface area contributed by atoms with Crippen LogP contribution < -0.4 is 5.73 Å². The van der Waals surface area contributed by atoms with Crippen LogP contribution in [0.4, 0.5) is 0 Å². The number of ketones is 1. The van der Waals surface area contributed by atoms with Gasteiger partial charge in [0.25, 0.3) is 0 Å². The van der Waals surface area contributed by atoms with E-state index in [0.29, 0.717) is 18.5 Å². The highest BCUT2D eigenvalue weighted by Crippen LogP contribution is 2.25. The summed E-state index contributed by atoms with van der Waals surface area (Å²) >= 11 is 0. The number of rotatable bonds is 2. The second-order valence-corrected chi connectivity index (χ2v) is 2.81. The van der Waals surface area contributed by atoms with Gasteiger partial charge in [0.2, 0.25) is 0 Å². The number of carbonyl (C=O) groups is 1. The van der Waals surface area contributed by atoms with Crippen molar-refractivity contribution in [2.75, 3.05) is 0 Å². The first-order chi connectivity index (χ1) is 5.24. The van der Waals surface area contributed by atoms with E-state index in [-0.39, 0.29) is 11.7 Å². The summed E-state index contributed by atoms with van der Waals surface area (Å²) in [5.41, 5.74) is 6.28. The van der Waals surface area contributed by atoms with Gasteiger partial charge in [-0.25, -0.2) is 0 Å². The van der Waals surface area contributed by atoms with Gasteiger partial charge in [-0.05, 0) is 12.5 Å². The Hall–Kier alpha value is -1.12. The fourth-order valence-corrected chi connectivity index (χ4v) is 1.33. The second kappa shape index (κ2) is 3.32. The molecule has 0 aromatic carbocycles. The maximum atomic E-state index is 10.8. The lowest BCUT2D eigenvalue weighted by atomic mass is 10.0. The average Bonchev–Trinajstić information content (AvgIpc) is 2.36. The highest BCUT2D eigenvalue weighted by molar-refractivity contribution is 5.81. The third-order valence-corrected chi connectivity index (χ3v) is 1.99. The summed E-state index contributed by atoms with van der Waals surface area (Å²) in [6.07, 6.45) is 4.80. The van der Waals surface area contributed by atoms with Gasteiger partial charge in [-0.15, -0.1) is 0 Å². The number of nitrogens with two attached hydrogens (primary N) is 1. The van der Waals surface area contributed by atoms with E-state index in [0.717, 1.165) is 12.6 Å². The third-order valence-electron chi connectivity index (χ3n) is 1.99. The van der Waals surface area contributed by atoms with Crippen molar-refractivity contribution in [2.45, 2.75) is 19.3 Å². The molecule has 1 fully saturated rings. The molecule has 0 aromatic heterocycles. The molecule has 0 aliphatic heterocycles. The Balaban J connectivity index is 2.55. The van der Waals surface area contributed by atoms with Crippen LogP contribution in [0.2, 0.25) is 0 Å². The molecule has 3 nitrogen and oxygen atoms in total. The highest BCUT2D eigenvalue weighted by Gasteiger charge is 2.23. The maximum absolute atomic E-state index is 10.8. The summed E-state index contributed by atoms with van der Waals surface area (Å²) in [5.74, 6) is 0.487. The van der Waals surface area contributed by atoms with Crippen molar-refractivity contribution < 1.29 is 4.79 Å². The van der Waals surface area contributed by atoms with Gasteiger partial charge < -0.3 is 11.1 Å². The molecule has 1 rings (SSSR count). The Morgan fingerprint density at radius 1 is 1.73 bits per heavy atom. The van der Waals surface area contributed by atoms with E-state index in [1.54, 1.807) is 6.08 Å². The van der Waals surface area contributed by atoms with Gasteiger partial charge >= 0.3 is 0 Å². The summed E-state index contributed by atoms with van der Waals surface area (Å²) in [4.78, 5) is 10.8. The first-order valence-corrected chi connectivity index (χ1v) is 3.72. The van der Waals surface area contributed by atoms with E-state index >= 15 is 0 Å². The van der Waals surface area contributed by atoms with Crippen molar-refractivity contribution in [3.63, 3.8) is 0 Å². The molecule has 1 atom stereocenters. The van der Waals surface area contributed by atoms with Crippen molar-refractivity contribution in [1.82, 2.24) is 0 Å². The van der Waals surface area contributed by atoms with Crippen LogP contribution in [0.25, 0.3) is 0 Å². The standard InChI is InChI=1S/C8H12N2O/c9-4-3-8(10)6-1-2-7(11)5-6/h3-4,6,9H,1-2,5,10H2/b8-3-,9-4?. The van der Waals surface area contributed by atoms with Crippen LogP contribution in [0.5, 0.6) is 0 Å². The van der Waals surface area contributed by atoms with Crippen LogP contribution in [0.3, 0.4) is 0 Å². The molecule has 11 heavy (non-hydrogen) atoms. The molecule has 1 unspecified atom stereocenters. The molecule has 0 bridgehead atoms. The molecule has 1 saturated carbocycles. The zero-order chi connectivity index (χ0) is 8.27. The third kappa shape index (κ3) is 1.90. The zero-order valence-electron chi connectivity index (χ0n) is 6.34. The Morgan fingerprint density at radius 2 is 2.45 bits per heavy atom. The minimum absolute atomic E-state index is 0.198. The minimum atomic E-state index is 0.198. The van der Waals surface area contributed by atoms with Crippen LogP contribution in [-0.2, 0) is 4.79 Å². The predicted octanol–water partition coefficient (Wildman–Crippen LogP) is 0.848. The minimum Gasteiger partial charge on any atom is -0.402 e. The Labute approximate surface area is 65.8 Å². The molecule has 0 heterocycles. The van der Waals surface area contributed by atoms with E-state index < -0.39 is 0 Å². The van der Waals surface area contributed by atoms with Crippen molar-refractivity contribution in [3.8, 4) is 0 Å². The topological polar surface area (TPSA) is 66.9 Å². The molecule has 0 aromatic rings. The van der Waals surface area contributed by atoms with Crippen LogP contribution in [0, 0.1) is 11.3 Å². The van der Waals surface area contributed by atoms with Crippen LogP contribution >= 0.6 is 0 Å². The SMILES string of the molecule is N=C/C=C(\N)C1CCC(=O)C1. The zero-order valence-corrected chi connectivity index (χ0v) is 6.34.